The molecule has 0 heterocycles. The fourth-order valence-electron chi connectivity index (χ4n) is 4.16. The van der Waals surface area contributed by atoms with Gasteiger partial charge in [0.15, 0.2) is 11.5 Å². The average molecular weight is 566 g/mol. The Kier molecular flexibility index (Phi) is 15.3. The number of hydrogen-bond donors (Lipinski definition) is 1. The zero-order valence-electron chi connectivity index (χ0n) is 25.1. The molecule has 0 aliphatic heterocycles. The first kappa shape index (κ1) is 34.9. The number of benzene rings is 1. The minimum atomic E-state index is -1.56. The molecule has 0 amide bonds. The van der Waals surface area contributed by atoms with Crippen LogP contribution in [-0.2, 0) is 35.0 Å². The molecule has 0 fully saturated rings. The maximum Gasteiger partial charge on any atom is 0.508 e. The van der Waals surface area contributed by atoms with E-state index in [4.69, 9.17) is 29.4 Å². The van der Waals surface area contributed by atoms with Gasteiger partial charge in [0.25, 0.3) is 0 Å². The van der Waals surface area contributed by atoms with Gasteiger partial charge in [0, 0.05) is 12.8 Å². The van der Waals surface area contributed by atoms with Crippen LogP contribution in [0.4, 0.5) is 4.79 Å². The summed E-state index contributed by atoms with van der Waals surface area (Å²) in [4.78, 5) is 50.0. The normalized spacial score (nSPS) is 14.7. The highest BCUT2D eigenvalue weighted by atomic mass is 16.7. The van der Waals surface area contributed by atoms with E-state index in [1.807, 2.05) is 20.8 Å². The molecule has 10 nitrogen and oxygen atoms in total. The summed E-state index contributed by atoms with van der Waals surface area (Å²) in [6.45, 7) is 11.1. The van der Waals surface area contributed by atoms with Crippen molar-refractivity contribution in [3.63, 3.8) is 0 Å². The lowest BCUT2D eigenvalue weighted by molar-refractivity contribution is -0.148. The maximum absolute atomic E-state index is 12.7. The highest BCUT2D eigenvalue weighted by Gasteiger charge is 2.36. The van der Waals surface area contributed by atoms with Gasteiger partial charge >= 0.3 is 24.1 Å². The van der Waals surface area contributed by atoms with Gasteiger partial charge in [-0.3, -0.25) is 14.4 Å². The highest BCUT2D eigenvalue weighted by Crippen LogP contribution is 2.32. The van der Waals surface area contributed by atoms with Crippen LogP contribution in [0.3, 0.4) is 0 Å². The SMILES string of the molecule is CCCC(C)C(=O)Oc1ccc(C[C@](N)(CCOC(=O)O[C@@H](C)CCC)C(=O)OC)cc1OC(=O)C(C)CCC. The van der Waals surface area contributed by atoms with Gasteiger partial charge < -0.3 is 29.4 Å². The first-order valence-corrected chi connectivity index (χ1v) is 14.2. The van der Waals surface area contributed by atoms with Crippen molar-refractivity contribution in [2.45, 2.75) is 105 Å². The molecule has 1 aromatic carbocycles. The molecule has 1 aromatic rings. The number of esters is 3. The van der Waals surface area contributed by atoms with Gasteiger partial charge in [-0.05, 0) is 43.9 Å². The van der Waals surface area contributed by atoms with Crippen molar-refractivity contribution in [3.8, 4) is 11.5 Å². The van der Waals surface area contributed by atoms with E-state index < -0.39 is 29.6 Å². The van der Waals surface area contributed by atoms with Crippen molar-refractivity contribution in [2.24, 2.45) is 17.6 Å². The second-order valence-corrected chi connectivity index (χ2v) is 10.4. The fourth-order valence-corrected chi connectivity index (χ4v) is 4.16. The lowest BCUT2D eigenvalue weighted by atomic mass is 9.88. The average Bonchev–Trinajstić information content (AvgIpc) is 2.89. The minimum absolute atomic E-state index is 0.0279. The topological polar surface area (TPSA) is 140 Å². The Morgan fingerprint density at radius 2 is 1.40 bits per heavy atom. The Balaban J connectivity index is 3.17. The molecule has 40 heavy (non-hydrogen) atoms. The molecule has 2 unspecified atom stereocenters. The van der Waals surface area contributed by atoms with E-state index in [2.05, 4.69) is 0 Å². The Morgan fingerprint density at radius 1 is 0.850 bits per heavy atom. The second kappa shape index (κ2) is 17.5. The number of methoxy groups -OCH3 is 1. The van der Waals surface area contributed by atoms with Crippen LogP contribution >= 0.6 is 0 Å². The minimum Gasteiger partial charge on any atom is -0.468 e. The number of nitrogens with two attached hydrogens (primary N) is 1. The molecule has 2 N–H and O–H groups in total. The van der Waals surface area contributed by atoms with Crippen LogP contribution in [-0.4, -0.2) is 49.4 Å². The van der Waals surface area contributed by atoms with Gasteiger partial charge in [-0.2, -0.15) is 0 Å². The summed E-state index contributed by atoms with van der Waals surface area (Å²) in [5.41, 5.74) is 5.42. The monoisotopic (exact) mass is 565 g/mol. The molecule has 0 saturated heterocycles. The van der Waals surface area contributed by atoms with E-state index in [1.165, 1.54) is 19.2 Å². The van der Waals surface area contributed by atoms with E-state index in [9.17, 15) is 19.2 Å². The zero-order valence-corrected chi connectivity index (χ0v) is 25.1. The third-order valence-corrected chi connectivity index (χ3v) is 6.55. The van der Waals surface area contributed by atoms with E-state index in [0.717, 1.165) is 19.3 Å². The molecule has 4 atom stereocenters. The molecule has 0 aliphatic carbocycles. The first-order chi connectivity index (χ1) is 18.9. The van der Waals surface area contributed by atoms with Crippen molar-refractivity contribution in [1.29, 1.82) is 0 Å². The van der Waals surface area contributed by atoms with Crippen LogP contribution in [0.1, 0.15) is 92.1 Å². The quantitative estimate of drug-likeness (QED) is 0.190. The lowest BCUT2D eigenvalue weighted by Gasteiger charge is -2.27. The molecule has 0 spiro atoms. The molecule has 0 aromatic heterocycles. The van der Waals surface area contributed by atoms with Crippen LogP contribution in [0, 0.1) is 11.8 Å². The standard InChI is InChI=1S/C30H47NO9/c1-8-11-20(4)26(32)39-24-15-14-23(18-25(24)40-27(33)21(5)12-9-2)19-30(31,28(34)36-7)16-17-37-29(35)38-22(6)13-10-3/h14-15,18,20-22H,8-13,16-17,19,31H2,1-7H3/t20?,21?,22-,30+/m0/s1. The smallest absolute Gasteiger partial charge is 0.468 e. The van der Waals surface area contributed by atoms with E-state index in [-0.39, 0.29) is 48.9 Å². The Bertz CT molecular complexity index is 980. The van der Waals surface area contributed by atoms with Gasteiger partial charge in [0.1, 0.15) is 11.6 Å². The molecular weight excluding hydrogens is 518 g/mol. The van der Waals surface area contributed by atoms with Crippen LogP contribution in [0.25, 0.3) is 0 Å². The summed E-state index contributed by atoms with van der Waals surface area (Å²) in [6.07, 6.45) is 3.25. The summed E-state index contributed by atoms with van der Waals surface area (Å²) >= 11 is 0. The van der Waals surface area contributed by atoms with Crippen molar-refractivity contribution < 1.29 is 42.9 Å². The van der Waals surface area contributed by atoms with Crippen LogP contribution < -0.4 is 15.2 Å². The number of ether oxygens (including phenoxy) is 5. The third kappa shape index (κ3) is 11.5. The van der Waals surface area contributed by atoms with Crippen LogP contribution in [0.2, 0.25) is 0 Å². The summed E-state index contributed by atoms with van der Waals surface area (Å²) in [5, 5.41) is 0. The number of hydrogen-bond acceptors (Lipinski definition) is 10. The molecular formula is C30H47NO9. The summed E-state index contributed by atoms with van der Waals surface area (Å²) in [7, 11) is 1.22. The molecule has 226 valence electrons. The number of carbonyl (C=O) groups is 4. The lowest BCUT2D eigenvalue weighted by Crippen LogP contribution is -2.51. The predicted octanol–water partition coefficient (Wildman–Crippen LogP) is 5.51. The Morgan fingerprint density at radius 3 is 1.93 bits per heavy atom. The summed E-state index contributed by atoms with van der Waals surface area (Å²) in [6, 6.07) is 4.67. The van der Waals surface area contributed by atoms with Gasteiger partial charge in [-0.15, -0.1) is 0 Å². The number of carbonyl (C=O) groups excluding carboxylic acids is 4. The maximum atomic E-state index is 12.7. The molecule has 0 radical (unpaired) electrons. The van der Waals surface area contributed by atoms with E-state index in [1.54, 1.807) is 26.8 Å². The third-order valence-electron chi connectivity index (χ3n) is 6.55. The fraction of sp³-hybridized carbons (Fsp3) is 0.667. The van der Waals surface area contributed by atoms with E-state index >= 15 is 0 Å². The van der Waals surface area contributed by atoms with Crippen molar-refractivity contribution >= 4 is 24.1 Å². The summed E-state index contributed by atoms with van der Waals surface area (Å²) in [5.74, 6) is -2.15. The number of rotatable bonds is 17. The predicted molar refractivity (Wildman–Crippen MR) is 150 cm³/mol. The summed E-state index contributed by atoms with van der Waals surface area (Å²) < 4.78 is 26.5. The molecule has 0 saturated carbocycles. The molecule has 0 bridgehead atoms. The largest absolute Gasteiger partial charge is 0.508 e. The molecule has 10 heteroatoms. The van der Waals surface area contributed by atoms with Gasteiger partial charge in [-0.1, -0.05) is 59.9 Å². The van der Waals surface area contributed by atoms with Crippen molar-refractivity contribution in [3.05, 3.63) is 23.8 Å². The van der Waals surface area contributed by atoms with Crippen LogP contribution in [0.15, 0.2) is 18.2 Å². The van der Waals surface area contributed by atoms with Crippen molar-refractivity contribution in [2.75, 3.05) is 13.7 Å². The second-order valence-electron chi connectivity index (χ2n) is 10.4. The first-order valence-electron chi connectivity index (χ1n) is 14.2. The van der Waals surface area contributed by atoms with Crippen molar-refractivity contribution in [1.82, 2.24) is 0 Å². The Hall–Kier alpha value is -3.14. The zero-order chi connectivity index (χ0) is 30.3. The van der Waals surface area contributed by atoms with Gasteiger partial charge in [0.05, 0.1) is 25.6 Å². The Labute approximate surface area is 238 Å². The van der Waals surface area contributed by atoms with Crippen LogP contribution in [0.5, 0.6) is 11.5 Å². The van der Waals surface area contributed by atoms with Gasteiger partial charge in [0.2, 0.25) is 0 Å². The highest BCUT2D eigenvalue weighted by molar-refractivity contribution is 5.81. The molecule has 0 aliphatic rings. The van der Waals surface area contributed by atoms with E-state index in [0.29, 0.717) is 24.8 Å². The molecule has 1 rings (SSSR count). The van der Waals surface area contributed by atoms with Gasteiger partial charge in [-0.25, -0.2) is 4.79 Å².